The molecule has 0 N–H and O–H groups in total. The van der Waals surface area contributed by atoms with E-state index in [4.69, 9.17) is 0 Å². The number of halogens is 12. The molecule has 0 aliphatic rings. The molecule has 0 heterocycles. The summed E-state index contributed by atoms with van der Waals surface area (Å²) in [7, 11) is -16.5. The van der Waals surface area contributed by atoms with Crippen molar-refractivity contribution in [1.82, 2.24) is 0 Å². The van der Waals surface area contributed by atoms with E-state index in [1.165, 1.54) is 0 Å². The SMILES string of the molecule is FP(F)F.FP(F)F.FP(F)F.FP(F)F.[Pt]. The summed E-state index contributed by atoms with van der Waals surface area (Å²) >= 11 is 0. The Labute approximate surface area is 107 Å². The van der Waals surface area contributed by atoms with Crippen molar-refractivity contribution in [1.29, 1.82) is 0 Å². The molecule has 114 valence electrons. The zero-order valence-electron chi connectivity index (χ0n) is 6.64. The minimum absolute atomic E-state index is 0. The summed E-state index contributed by atoms with van der Waals surface area (Å²) < 4.78 is 117. The first kappa shape index (κ1) is 31.1. The summed E-state index contributed by atoms with van der Waals surface area (Å²) in [4.78, 5) is 0. The van der Waals surface area contributed by atoms with E-state index in [2.05, 4.69) is 0 Å². The van der Waals surface area contributed by atoms with Gasteiger partial charge in [0, 0.05) is 21.1 Å². The largest absolute Gasteiger partial charge is 0.456 e. The average Bonchev–Trinajstić information content (AvgIpc) is 1.76. The Hall–Kier alpha value is 1.57. The van der Waals surface area contributed by atoms with E-state index in [-0.39, 0.29) is 21.1 Å². The van der Waals surface area contributed by atoms with Gasteiger partial charge >= 0.3 is 35.4 Å². The van der Waals surface area contributed by atoms with Gasteiger partial charge in [-0.15, -0.1) is 0 Å². The predicted molar refractivity (Wildman–Crippen MR) is 41.0 cm³/mol. The maximum Gasteiger partial charge on any atom is 0.456 e. The molecule has 0 fully saturated rings. The van der Waals surface area contributed by atoms with Crippen LogP contribution in [0.5, 0.6) is 0 Å². The molecular formula is F12P4Pt. The molecule has 0 aromatic carbocycles. The zero-order chi connectivity index (χ0) is 14.3. The van der Waals surface area contributed by atoms with Gasteiger partial charge in [-0.25, -0.2) is 0 Å². The Balaban J connectivity index is -0.0000000369. The first-order valence-corrected chi connectivity index (χ1v) is 6.09. The summed E-state index contributed by atoms with van der Waals surface area (Å²) in [5.41, 5.74) is 0. The maximum atomic E-state index is 9.73. The summed E-state index contributed by atoms with van der Waals surface area (Å²) in [6.45, 7) is 0. The first-order chi connectivity index (χ1) is 6.93. The van der Waals surface area contributed by atoms with Crippen molar-refractivity contribution in [3.8, 4) is 0 Å². The molecule has 0 radical (unpaired) electrons. The van der Waals surface area contributed by atoms with Gasteiger partial charge in [0.05, 0.1) is 0 Å². The molecule has 0 rings (SSSR count). The number of rotatable bonds is 0. The van der Waals surface area contributed by atoms with Gasteiger partial charge in [-0.1, -0.05) is 0 Å². The van der Waals surface area contributed by atoms with Crippen molar-refractivity contribution in [3.63, 3.8) is 0 Å². The van der Waals surface area contributed by atoms with E-state index in [1.807, 2.05) is 0 Å². The summed E-state index contributed by atoms with van der Waals surface area (Å²) in [6, 6.07) is 0. The van der Waals surface area contributed by atoms with Gasteiger partial charge in [-0.3, -0.25) is 0 Å². The van der Waals surface area contributed by atoms with Crippen LogP contribution in [-0.4, -0.2) is 0 Å². The molecule has 0 amide bonds. The second kappa shape index (κ2) is 26.2. The Morgan fingerprint density at radius 2 is 0.294 bits per heavy atom. The average molecular weight is 547 g/mol. The number of hydrogen-bond acceptors (Lipinski definition) is 0. The molecule has 0 aromatic rings. The van der Waals surface area contributed by atoms with Gasteiger partial charge in [-0.05, 0) is 0 Å². The van der Waals surface area contributed by atoms with Crippen LogP contribution in [0.15, 0.2) is 0 Å². The Bertz CT molecular complexity index is 61.5. The van der Waals surface area contributed by atoms with Crippen LogP contribution in [0.1, 0.15) is 0 Å². The quantitative estimate of drug-likeness (QED) is 0.211. The fourth-order valence-electron chi connectivity index (χ4n) is 0. The summed E-state index contributed by atoms with van der Waals surface area (Å²) in [6.07, 6.45) is 0. The van der Waals surface area contributed by atoms with Crippen LogP contribution in [0, 0.1) is 0 Å². The van der Waals surface area contributed by atoms with Crippen molar-refractivity contribution in [2.75, 3.05) is 0 Å². The van der Waals surface area contributed by atoms with Gasteiger partial charge in [0.2, 0.25) is 0 Å². The minimum atomic E-state index is -4.12. The standard InChI is InChI=1S/4F3P.Pt/c4*1-4(2)3;. The fraction of sp³-hybridized carbons (Fsp3) is 0. The van der Waals surface area contributed by atoms with E-state index >= 15 is 0 Å². The minimum Gasteiger partial charge on any atom is -0.152 e. The Morgan fingerprint density at radius 3 is 0.294 bits per heavy atom. The predicted octanol–water partition coefficient (Wildman–Crippen LogP) is 8.48. The molecule has 0 aliphatic carbocycles. The van der Waals surface area contributed by atoms with E-state index in [0.717, 1.165) is 0 Å². The van der Waals surface area contributed by atoms with Crippen LogP contribution in [0.4, 0.5) is 50.4 Å². The molecule has 0 atom stereocenters. The summed E-state index contributed by atoms with van der Waals surface area (Å²) in [5, 5.41) is 0. The van der Waals surface area contributed by atoms with Gasteiger partial charge in [0.1, 0.15) is 0 Å². The van der Waals surface area contributed by atoms with Gasteiger partial charge < -0.3 is 0 Å². The molecule has 0 unspecified atom stereocenters. The van der Waals surface area contributed by atoms with Crippen molar-refractivity contribution in [3.05, 3.63) is 0 Å². The molecular weight excluding hydrogens is 547 g/mol. The third-order valence-electron chi connectivity index (χ3n) is 0. The van der Waals surface area contributed by atoms with Gasteiger partial charge in [-0.2, -0.15) is 50.4 Å². The second-order valence-electron chi connectivity index (χ2n) is 0.767. The van der Waals surface area contributed by atoms with Crippen LogP contribution in [-0.2, 0) is 21.1 Å². The molecule has 0 aliphatic heterocycles. The second-order valence-corrected chi connectivity index (χ2v) is 2.30. The molecule has 0 saturated carbocycles. The third-order valence-corrected chi connectivity index (χ3v) is 0. The van der Waals surface area contributed by atoms with Crippen LogP contribution in [0.2, 0.25) is 0 Å². The Morgan fingerprint density at radius 1 is 0.294 bits per heavy atom. The topological polar surface area (TPSA) is 0 Å². The van der Waals surface area contributed by atoms with Crippen molar-refractivity contribution < 1.29 is 71.4 Å². The van der Waals surface area contributed by atoms with Crippen LogP contribution < -0.4 is 0 Å². The number of hydrogen-bond donors (Lipinski definition) is 0. The zero-order valence-corrected chi connectivity index (χ0v) is 12.5. The van der Waals surface area contributed by atoms with Gasteiger partial charge in [0.15, 0.2) is 0 Å². The third kappa shape index (κ3) is 1730. The van der Waals surface area contributed by atoms with Crippen LogP contribution >= 0.6 is 35.4 Å². The molecule has 0 bridgehead atoms. The summed E-state index contributed by atoms with van der Waals surface area (Å²) in [5.74, 6) is 0. The smallest absolute Gasteiger partial charge is 0.152 e. The van der Waals surface area contributed by atoms with Crippen molar-refractivity contribution in [2.45, 2.75) is 0 Å². The Kier molecular flexibility index (Phi) is 48.0. The van der Waals surface area contributed by atoms with E-state index in [1.54, 1.807) is 0 Å². The van der Waals surface area contributed by atoms with E-state index in [9.17, 15) is 50.4 Å². The van der Waals surface area contributed by atoms with Crippen molar-refractivity contribution in [2.24, 2.45) is 0 Å². The van der Waals surface area contributed by atoms with Crippen molar-refractivity contribution >= 4 is 35.4 Å². The monoisotopic (exact) mass is 547 g/mol. The fourth-order valence-corrected chi connectivity index (χ4v) is 0. The first-order valence-electron chi connectivity index (χ1n) is 2.03. The maximum absolute atomic E-state index is 9.73. The van der Waals surface area contributed by atoms with Crippen LogP contribution in [0.25, 0.3) is 0 Å². The molecule has 0 spiro atoms. The molecule has 0 aromatic heterocycles. The van der Waals surface area contributed by atoms with Crippen LogP contribution in [0.3, 0.4) is 0 Å². The molecule has 0 saturated heterocycles. The molecule has 17 heavy (non-hydrogen) atoms. The normalized spacial score (nSPS) is 8.47. The molecule has 17 heteroatoms. The van der Waals surface area contributed by atoms with E-state index < -0.39 is 35.4 Å². The van der Waals surface area contributed by atoms with Gasteiger partial charge in [0.25, 0.3) is 0 Å². The van der Waals surface area contributed by atoms with E-state index in [0.29, 0.717) is 0 Å². The molecule has 0 nitrogen and oxygen atoms in total.